The average Bonchev–Trinajstić information content (AvgIpc) is 2.47. The molecule has 4 nitrogen and oxygen atoms in total. The van der Waals surface area contributed by atoms with Gasteiger partial charge < -0.3 is 10.0 Å². The maximum Gasteiger partial charge on any atom is 0.308 e. The maximum absolute atomic E-state index is 13.7. The van der Waals surface area contributed by atoms with E-state index >= 15 is 0 Å². The number of rotatable bonds is 3. The molecule has 1 unspecified atom stereocenters. The number of hydrogen-bond donors (Lipinski definition) is 1. The summed E-state index contributed by atoms with van der Waals surface area (Å²) < 4.78 is 26.6. The van der Waals surface area contributed by atoms with Crippen LogP contribution in [0.4, 0.5) is 8.78 Å². The van der Waals surface area contributed by atoms with Crippen LogP contribution in [-0.4, -0.2) is 35.0 Å². The van der Waals surface area contributed by atoms with Gasteiger partial charge in [-0.1, -0.05) is 0 Å². The first-order valence-corrected chi connectivity index (χ1v) is 7.04. The molecule has 0 saturated carbocycles. The number of carbonyl (C=O) groups excluding carboxylic acids is 1. The maximum atomic E-state index is 13.7. The Morgan fingerprint density at radius 2 is 2.09 bits per heavy atom. The number of aliphatic carboxylic acids is 1. The van der Waals surface area contributed by atoms with Crippen molar-refractivity contribution in [3.8, 4) is 0 Å². The molecule has 1 aromatic carbocycles. The topological polar surface area (TPSA) is 57.6 Å². The van der Waals surface area contributed by atoms with Crippen LogP contribution >= 0.6 is 0 Å². The standard InChI is InChI=1S/C16H17F2NO3/c1-10(13-5-4-12(17)8-14(13)18)7-15(20)19-6-2-3-11(9-19)16(21)22/h4-5,7-8,11H,2-3,6,9H2,1H3,(H,21,22)/b10-7+. The molecule has 1 atom stereocenters. The number of piperidine rings is 1. The third kappa shape index (κ3) is 3.69. The lowest BCUT2D eigenvalue weighted by Crippen LogP contribution is -2.41. The number of allylic oxidation sites excluding steroid dienone is 1. The monoisotopic (exact) mass is 309 g/mol. The summed E-state index contributed by atoms with van der Waals surface area (Å²) >= 11 is 0. The van der Waals surface area contributed by atoms with E-state index in [2.05, 4.69) is 0 Å². The SMILES string of the molecule is C/C(=C\C(=O)N1CCCC(C(=O)O)C1)c1ccc(F)cc1F. The van der Waals surface area contributed by atoms with Crippen LogP contribution in [0.25, 0.3) is 5.57 Å². The Morgan fingerprint density at radius 1 is 1.36 bits per heavy atom. The van der Waals surface area contributed by atoms with Crippen molar-refractivity contribution < 1.29 is 23.5 Å². The van der Waals surface area contributed by atoms with Crippen molar-refractivity contribution in [1.82, 2.24) is 4.90 Å². The lowest BCUT2D eigenvalue weighted by molar-refractivity contribution is -0.144. The molecule has 1 aliphatic heterocycles. The minimum absolute atomic E-state index is 0.154. The van der Waals surface area contributed by atoms with Gasteiger partial charge in [0.1, 0.15) is 11.6 Å². The van der Waals surface area contributed by atoms with E-state index in [-0.39, 0.29) is 18.0 Å². The van der Waals surface area contributed by atoms with Crippen LogP contribution < -0.4 is 0 Å². The average molecular weight is 309 g/mol. The zero-order valence-electron chi connectivity index (χ0n) is 12.2. The second-order valence-electron chi connectivity index (χ2n) is 5.41. The Hall–Kier alpha value is -2.24. The first-order valence-electron chi connectivity index (χ1n) is 7.04. The summed E-state index contributed by atoms with van der Waals surface area (Å²) in [5, 5.41) is 9.02. The molecule has 2 rings (SSSR count). The minimum atomic E-state index is -0.914. The number of carboxylic acid groups (broad SMARTS) is 1. The first-order chi connectivity index (χ1) is 10.4. The van der Waals surface area contributed by atoms with Gasteiger partial charge in [0, 0.05) is 30.8 Å². The molecular weight excluding hydrogens is 292 g/mol. The molecule has 1 N–H and O–H groups in total. The van der Waals surface area contributed by atoms with Gasteiger partial charge in [0.05, 0.1) is 5.92 Å². The van der Waals surface area contributed by atoms with Crippen molar-refractivity contribution in [2.24, 2.45) is 5.92 Å². The Balaban J connectivity index is 2.13. The highest BCUT2D eigenvalue weighted by atomic mass is 19.1. The van der Waals surface area contributed by atoms with E-state index in [1.807, 2.05) is 0 Å². The third-order valence-corrected chi connectivity index (χ3v) is 3.78. The predicted molar refractivity (Wildman–Crippen MR) is 76.9 cm³/mol. The summed E-state index contributed by atoms with van der Waals surface area (Å²) in [5.74, 6) is -3.24. The highest BCUT2D eigenvalue weighted by Gasteiger charge is 2.27. The smallest absolute Gasteiger partial charge is 0.308 e. The van der Waals surface area contributed by atoms with E-state index in [0.717, 1.165) is 12.1 Å². The van der Waals surface area contributed by atoms with E-state index in [1.165, 1.54) is 17.0 Å². The zero-order chi connectivity index (χ0) is 16.3. The molecule has 6 heteroatoms. The van der Waals surface area contributed by atoms with Gasteiger partial charge in [0.25, 0.3) is 0 Å². The molecule has 0 aliphatic carbocycles. The quantitative estimate of drug-likeness (QED) is 0.873. The number of carboxylic acids is 1. The van der Waals surface area contributed by atoms with Crippen LogP contribution in [0, 0.1) is 17.6 Å². The van der Waals surface area contributed by atoms with Gasteiger partial charge in [-0.25, -0.2) is 8.78 Å². The molecule has 1 aliphatic rings. The fourth-order valence-electron chi connectivity index (χ4n) is 2.54. The number of carbonyl (C=O) groups is 2. The van der Waals surface area contributed by atoms with Gasteiger partial charge in [-0.15, -0.1) is 0 Å². The van der Waals surface area contributed by atoms with Crippen molar-refractivity contribution >= 4 is 17.4 Å². The van der Waals surface area contributed by atoms with Gasteiger partial charge in [0.2, 0.25) is 5.91 Å². The second-order valence-corrected chi connectivity index (χ2v) is 5.41. The number of halogens is 2. The fraction of sp³-hybridized carbons (Fsp3) is 0.375. The van der Waals surface area contributed by atoms with Gasteiger partial charge in [-0.05, 0) is 37.5 Å². The van der Waals surface area contributed by atoms with E-state index in [4.69, 9.17) is 5.11 Å². The molecular formula is C16H17F2NO3. The van der Waals surface area contributed by atoms with Crippen molar-refractivity contribution in [2.45, 2.75) is 19.8 Å². The summed E-state index contributed by atoms with van der Waals surface area (Å²) in [6.07, 6.45) is 2.44. The zero-order valence-corrected chi connectivity index (χ0v) is 12.2. The summed E-state index contributed by atoms with van der Waals surface area (Å²) in [6.45, 7) is 2.20. The normalized spacial score (nSPS) is 19.1. The van der Waals surface area contributed by atoms with Crippen LogP contribution in [0.3, 0.4) is 0 Å². The van der Waals surface area contributed by atoms with Crippen LogP contribution in [0.5, 0.6) is 0 Å². The molecule has 0 spiro atoms. The fourth-order valence-corrected chi connectivity index (χ4v) is 2.54. The number of hydrogen-bond acceptors (Lipinski definition) is 2. The number of benzene rings is 1. The Bertz CT molecular complexity index is 628. The van der Waals surface area contributed by atoms with Crippen molar-refractivity contribution in [3.05, 3.63) is 41.5 Å². The summed E-state index contributed by atoms with van der Waals surface area (Å²) in [6, 6.07) is 3.17. The van der Waals surface area contributed by atoms with E-state index in [0.29, 0.717) is 25.0 Å². The Labute approximate surface area is 127 Å². The first kappa shape index (κ1) is 16.1. The number of likely N-dealkylation sites (tertiary alicyclic amines) is 1. The Kier molecular flexibility index (Phi) is 4.90. The van der Waals surface area contributed by atoms with Gasteiger partial charge in [-0.2, -0.15) is 0 Å². The van der Waals surface area contributed by atoms with Gasteiger partial charge in [-0.3, -0.25) is 9.59 Å². The van der Waals surface area contributed by atoms with Crippen LogP contribution in [-0.2, 0) is 9.59 Å². The predicted octanol–water partition coefficient (Wildman–Crippen LogP) is 2.69. The molecule has 1 heterocycles. The van der Waals surface area contributed by atoms with Crippen LogP contribution in [0.2, 0.25) is 0 Å². The second kappa shape index (κ2) is 6.68. The highest BCUT2D eigenvalue weighted by molar-refractivity contribution is 5.95. The molecule has 1 amide bonds. The molecule has 0 aromatic heterocycles. The van der Waals surface area contributed by atoms with Crippen LogP contribution in [0.15, 0.2) is 24.3 Å². The van der Waals surface area contributed by atoms with Crippen molar-refractivity contribution in [1.29, 1.82) is 0 Å². The van der Waals surface area contributed by atoms with E-state index < -0.39 is 23.5 Å². The van der Waals surface area contributed by atoms with Crippen molar-refractivity contribution in [2.75, 3.05) is 13.1 Å². The number of nitrogens with zero attached hydrogens (tertiary/aromatic N) is 1. The molecule has 0 radical (unpaired) electrons. The third-order valence-electron chi connectivity index (χ3n) is 3.78. The number of amides is 1. The molecule has 118 valence electrons. The largest absolute Gasteiger partial charge is 0.481 e. The van der Waals surface area contributed by atoms with Gasteiger partial charge in [0.15, 0.2) is 0 Å². The molecule has 1 fully saturated rings. The van der Waals surface area contributed by atoms with Crippen molar-refractivity contribution in [3.63, 3.8) is 0 Å². The van der Waals surface area contributed by atoms with Gasteiger partial charge >= 0.3 is 5.97 Å². The lowest BCUT2D eigenvalue weighted by Gasteiger charge is -2.30. The lowest BCUT2D eigenvalue weighted by atomic mass is 9.98. The Morgan fingerprint density at radius 3 is 2.73 bits per heavy atom. The summed E-state index contributed by atoms with van der Waals surface area (Å²) in [4.78, 5) is 24.6. The highest BCUT2D eigenvalue weighted by Crippen LogP contribution is 2.21. The summed E-state index contributed by atoms with van der Waals surface area (Å²) in [5.41, 5.74) is 0.529. The molecule has 22 heavy (non-hydrogen) atoms. The van der Waals surface area contributed by atoms with Crippen LogP contribution in [0.1, 0.15) is 25.3 Å². The summed E-state index contributed by atoms with van der Waals surface area (Å²) in [7, 11) is 0. The van der Waals surface area contributed by atoms with E-state index in [9.17, 15) is 18.4 Å². The molecule has 1 aromatic rings. The molecule has 1 saturated heterocycles. The molecule has 0 bridgehead atoms. The minimum Gasteiger partial charge on any atom is -0.481 e. The van der Waals surface area contributed by atoms with E-state index in [1.54, 1.807) is 6.92 Å².